The van der Waals surface area contributed by atoms with E-state index < -0.39 is 11.9 Å². The number of carbonyl (C=O) groups excluding carboxylic acids is 2. The SMILES string of the molecule is O=C1CC(=O)OCCCCCCCCCCO1. The minimum absolute atomic E-state index is 0.250. The standard InChI is InChI=1S/C13H22O4/c14-12-11-13(15)17-10-8-6-4-2-1-3-5-7-9-16-12/h1-11H2. The van der Waals surface area contributed by atoms with Gasteiger partial charge < -0.3 is 9.47 Å². The number of cyclic esters (lactones) is 2. The molecule has 1 aliphatic rings. The van der Waals surface area contributed by atoms with Gasteiger partial charge >= 0.3 is 11.9 Å². The molecule has 17 heavy (non-hydrogen) atoms. The summed E-state index contributed by atoms with van der Waals surface area (Å²) in [5.41, 5.74) is 0. The lowest BCUT2D eigenvalue weighted by molar-refractivity contribution is -0.154. The third-order valence-electron chi connectivity index (χ3n) is 2.85. The van der Waals surface area contributed by atoms with Crippen molar-refractivity contribution in [2.24, 2.45) is 0 Å². The Labute approximate surface area is 103 Å². The predicted molar refractivity (Wildman–Crippen MR) is 63.5 cm³/mol. The second kappa shape index (κ2) is 9.02. The van der Waals surface area contributed by atoms with Crippen LogP contribution in [0.3, 0.4) is 0 Å². The van der Waals surface area contributed by atoms with E-state index in [0.717, 1.165) is 25.7 Å². The summed E-state index contributed by atoms with van der Waals surface area (Å²) in [5.74, 6) is -0.935. The molecule has 0 atom stereocenters. The summed E-state index contributed by atoms with van der Waals surface area (Å²) in [6.07, 6.45) is 8.61. The largest absolute Gasteiger partial charge is 0.465 e. The van der Waals surface area contributed by atoms with E-state index in [1.807, 2.05) is 0 Å². The monoisotopic (exact) mass is 242 g/mol. The van der Waals surface area contributed by atoms with E-state index >= 15 is 0 Å². The van der Waals surface area contributed by atoms with Gasteiger partial charge in [-0.2, -0.15) is 0 Å². The summed E-state index contributed by atoms with van der Waals surface area (Å²) in [5, 5.41) is 0. The van der Waals surface area contributed by atoms with Gasteiger partial charge in [0.15, 0.2) is 0 Å². The van der Waals surface area contributed by atoms with Crippen molar-refractivity contribution >= 4 is 11.9 Å². The Kier molecular flexibility index (Phi) is 7.43. The van der Waals surface area contributed by atoms with Gasteiger partial charge in [0.2, 0.25) is 0 Å². The maximum atomic E-state index is 11.2. The Morgan fingerprint density at radius 3 is 1.35 bits per heavy atom. The summed E-state index contributed by atoms with van der Waals surface area (Å²) in [4.78, 5) is 22.4. The average Bonchev–Trinajstić information content (AvgIpc) is 2.30. The number of ether oxygens (including phenoxy) is 2. The Balaban J connectivity index is 2.26. The number of hydrogen-bond donors (Lipinski definition) is 0. The van der Waals surface area contributed by atoms with Crippen molar-refractivity contribution in [2.45, 2.75) is 57.8 Å². The fourth-order valence-electron chi connectivity index (χ4n) is 1.86. The van der Waals surface area contributed by atoms with E-state index in [0.29, 0.717) is 13.2 Å². The molecular formula is C13H22O4. The highest BCUT2D eigenvalue weighted by atomic mass is 16.6. The molecule has 1 fully saturated rings. The maximum absolute atomic E-state index is 11.2. The third-order valence-corrected chi connectivity index (χ3v) is 2.85. The zero-order chi connectivity index (χ0) is 12.3. The molecule has 0 radical (unpaired) electrons. The van der Waals surface area contributed by atoms with Gasteiger partial charge in [-0.15, -0.1) is 0 Å². The van der Waals surface area contributed by atoms with E-state index in [4.69, 9.17) is 9.47 Å². The van der Waals surface area contributed by atoms with Gasteiger partial charge in [0, 0.05) is 0 Å². The normalized spacial score (nSPS) is 21.9. The Bertz CT molecular complexity index is 214. The average molecular weight is 242 g/mol. The van der Waals surface area contributed by atoms with Crippen LogP contribution in [-0.4, -0.2) is 25.2 Å². The van der Waals surface area contributed by atoms with Crippen LogP contribution in [0, 0.1) is 0 Å². The molecule has 0 amide bonds. The van der Waals surface area contributed by atoms with Crippen molar-refractivity contribution in [3.63, 3.8) is 0 Å². The predicted octanol–water partition coefficient (Wildman–Crippen LogP) is 2.60. The number of hydrogen-bond acceptors (Lipinski definition) is 4. The number of esters is 2. The lowest BCUT2D eigenvalue weighted by Gasteiger charge is -2.05. The van der Waals surface area contributed by atoms with Crippen molar-refractivity contribution in [1.29, 1.82) is 0 Å². The van der Waals surface area contributed by atoms with Crippen LogP contribution in [0.25, 0.3) is 0 Å². The van der Waals surface area contributed by atoms with E-state index in [1.165, 1.54) is 25.7 Å². The van der Waals surface area contributed by atoms with Gasteiger partial charge in [0.1, 0.15) is 6.42 Å². The molecule has 0 aromatic carbocycles. The molecule has 0 aliphatic carbocycles. The lowest BCUT2D eigenvalue weighted by atomic mass is 10.1. The Hall–Kier alpha value is -1.06. The fraction of sp³-hybridized carbons (Fsp3) is 0.846. The molecule has 0 N–H and O–H groups in total. The first-order valence-corrected chi connectivity index (χ1v) is 6.60. The molecule has 0 bridgehead atoms. The first kappa shape index (κ1) is 14.0. The van der Waals surface area contributed by atoms with Crippen LogP contribution in [0.15, 0.2) is 0 Å². The quantitative estimate of drug-likeness (QED) is 0.484. The lowest BCUT2D eigenvalue weighted by Crippen LogP contribution is -2.14. The smallest absolute Gasteiger partial charge is 0.317 e. The van der Waals surface area contributed by atoms with Crippen LogP contribution in [-0.2, 0) is 19.1 Å². The first-order chi connectivity index (χ1) is 8.29. The Morgan fingerprint density at radius 1 is 0.588 bits per heavy atom. The molecule has 1 saturated heterocycles. The van der Waals surface area contributed by atoms with Gasteiger partial charge in [-0.3, -0.25) is 9.59 Å². The minimum atomic E-state index is -0.468. The molecule has 0 aromatic heterocycles. The van der Waals surface area contributed by atoms with Crippen LogP contribution in [0.4, 0.5) is 0 Å². The molecule has 0 unspecified atom stereocenters. The van der Waals surface area contributed by atoms with Crippen molar-refractivity contribution in [3.05, 3.63) is 0 Å². The van der Waals surface area contributed by atoms with Crippen molar-refractivity contribution < 1.29 is 19.1 Å². The van der Waals surface area contributed by atoms with Crippen LogP contribution in [0.1, 0.15) is 57.8 Å². The topological polar surface area (TPSA) is 52.6 Å². The zero-order valence-corrected chi connectivity index (χ0v) is 10.4. The second-order valence-electron chi connectivity index (χ2n) is 4.45. The number of carbonyl (C=O) groups is 2. The molecule has 1 rings (SSSR count). The van der Waals surface area contributed by atoms with Gasteiger partial charge in [0.25, 0.3) is 0 Å². The van der Waals surface area contributed by atoms with E-state index in [-0.39, 0.29) is 6.42 Å². The summed E-state index contributed by atoms with van der Waals surface area (Å²) in [6, 6.07) is 0. The van der Waals surface area contributed by atoms with Crippen molar-refractivity contribution in [3.8, 4) is 0 Å². The van der Waals surface area contributed by atoms with E-state index in [2.05, 4.69) is 0 Å². The summed E-state index contributed by atoms with van der Waals surface area (Å²) < 4.78 is 9.90. The van der Waals surface area contributed by atoms with Crippen LogP contribution in [0.2, 0.25) is 0 Å². The molecule has 0 spiro atoms. The van der Waals surface area contributed by atoms with E-state index in [9.17, 15) is 9.59 Å². The molecule has 1 heterocycles. The highest BCUT2D eigenvalue weighted by Crippen LogP contribution is 2.09. The molecule has 98 valence electrons. The molecule has 4 nitrogen and oxygen atoms in total. The van der Waals surface area contributed by atoms with Crippen LogP contribution in [0.5, 0.6) is 0 Å². The highest BCUT2D eigenvalue weighted by molar-refractivity contribution is 5.91. The minimum Gasteiger partial charge on any atom is -0.465 e. The Morgan fingerprint density at radius 2 is 0.941 bits per heavy atom. The summed E-state index contributed by atoms with van der Waals surface area (Å²) in [7, 11) is 0. The van der Waals surface area contributed by atoms with Gasteiger partial charge in [-0.05, 0) is 12.8 Å². The van der Waals surface area contributed by atoms with Gasteiger partial charge in [-0.1, -0.05) is 38.5 Å². The van der Waals surface area contributed by atoms with E-state index in [1.54, 1.807) is 0 Å². The van der Waals surface area contributed by atoms with Crippen molar-refractivity contribution in [2.75, 3.05) is 13.2 Å². The third kappa shape index (κ3) is 7.77. The van der Waals surface area contributed by atoms with Crippen LogP contribution < -0.4 is 0 Å². The molecule has 0 saturated carbocycles. The van der Waals surface area contributed by atoms with Crippen LogP contribution >= 0.6 is 0 Å². The molecule has 1 aliphatic heterocycles. The fourth-order valence-corrected chi connectivity index (χ4v) is 1.86. The molecule has 4 heteroatoms. The van der Waals surface area contributed by atoms with Gasteiger partial charge in [0.05, 0.1) is 13.2 Å². The van der Waals surface area contributed by atoms with Gasteiger partial charge in [-0.25, -0.2) is 0 Å². The molecular weight excluding hydrogens is 220 g/mol. The van der Waals surface area contributed by atoms with Crippen molar-refractivity contribution in [1.82, 2.24) is 0 Å². The summed E-state index contributed by atoms with van der Waals surface area (Å²) in [6.45, 7) is 0.845. The maximum Gasteiger partial charge on any atom is 0.317 e. The summed E-state index contributed by atoms with van der Waals surface area (Å²) >= 11 is 0. The number of rotatable bonds is 0. The first-order valence-electron chi connectivity index (χ1n) is 6.60. The zero-order valence-electron chi connectivity index (χ0n) is 10.4. The highest BCUT2D eigenvalue weighted by Gasteiger charge is 2.11. The molecule has 0 aromatic rings. The second-order valence-corrected chi connectivity index (χ2v) is 4.45.